The SMILES string of the molecule is CCCCCCCCCCCCCCCCCCCCCCCC(=O)N[C@@H](CO[C@H]1O[C@H](CO)[C@H](O)[C@H](O)[C@H]1O)[C@H](O)[C@H](O)CCCC. The van der Waals surface area contributed by atoms with Crippen LogP contribution in [0.4, 0.5) is 0 Å². The Hall–Kier alpha value is -0.850. The summed E-state index contributed by atoms with van der Waals surface area (Å²) in [5.41, 5.74) is 0. The highest BCUT2D eigenvalue weighted by atomic mass is 16.7. The molecule has 0 aromatic rings. The summed E-state index contributed by atoms with van der Waals surface area (Å²) >= 11 is 0. The second kappa shape index (κ2) is 29.8. The molecular weight excluding hydrogens is 614 g/mol. The van der Waals surface area contributed by atoms with Gasteiger partial charge in [-0.3, -0.25) is 4.79 Å². The number of amides is 1. The van der Waals surface area contributed by atoms with Crippen molar-refractivity contribution < 1.29 is 44.9 Å². The van der Waals surface area contributed by atoms with Gasteiger partial charge in [-0.15, -0.1) is 0 Å². The van der Waals surface area contributed by atoms with E-state index in [1.54, 1.807) is 0 Å². The standard InChI is InChI=1S/C38H75NO9/c1-3-5-7-8-9-10-11-12-13-14-15-16-17-18-19-20-21-22-23-24-25-27-33(42)39-30(34(43)31(41)26-6-4-2)29-47-38-37(46)36(45)35(44)32(28-40)48-38/h30-32,34-38,40-41,43-46H,3-29H2,1-2H3,(H,39,42)/t30-,31+,32+,34-,35-,36-,37+,38-/m0/s1. The van der Waals surface area contributed by atoms with Gasteiger partial charge in [-0.1, -0.05) is 155 Å². The summed E-state index contributed by atoms with van der Waals surface area (Å²) in [4.78, 5) is 12.8. The lowest BCUT2D eigenvalue weighted by Gasteiger charge is -2.40. The fourth-order valence-electron chi connectivity index (χ4n) is 6.48. The Morgan fingerprint density at radius 1 is 0.646 bits per heavy atom. The Balaban J connectivity index is 2.18. The maximum atomic E-state index is 12.8. The first kappa shape index (κ1) is 45.2. The minimum atomic E-state index is -1.60. The lowest BCUT2D eigenvalue weighted by molar-refractivity contribution is -0.303. The van der Waals surface area contributed by atoms with E-state index < -0.39 is 55.6 Å². The van der Waals surface area contributed by atoms with Gasteiger partial charge >= 0.3 is 0 Å². The van der Waals surface area contributed by atoms with Crippen molar-refractivity contribution in [3.05, 3.63) is 0 Å². The number of carbonyl (C=O) groups excluding carboxylic acids is 1. The fraction of sp³-hybridized carbons (Fsp3) is 0.974. The van der Waals surface area contributed by atoms with Gasteiger partial charge in [0.1, 0.15) is 30.5 Å². The zero-order chi connectivity index (χ0) is 35.4. The normalized spacial score (nSPS) is 23.2. The molecule has 10 nitrogen and oxygen atoms in total. The number of nitrogens with one attached hydrogen (secondary N) is 1. The molecule has 0 aromatic heterocycles. The van der Waals surface area contributed by atoms with E-state index in [2.05, 4.69) is 12.2 Å². The fourth-order valence-corrected chi connectivity index (χ4v) is 6.48. The molecule has 8 atom stereocenters. The van der Waals surface area contributed by atoms with Crippen LogP contribution in [0, 0.1) is 0 Å². The first-order valence-electron chi connectivity index (χ1n) is 19.8. The number of rotatable bonds is 32. The van der Waals surface area contributed by atoms with Crippen molar-refractivity contribution in [2.45, 2.75) is 223 Å². The average molecular weight is 690 g/mol. The van der Waals surface area contributed by atoms with Gasteiger partial charge in [0, 0.05) is 6.42 Å². The molecule has 1 aliphatic heterocycles. The molecule has 7 N–H and O–H groups in total. The molecule has 1 fully saturated rings. The van der Waals surface area contributed by atoms with Crippen molar-refractivity contribution in [2.24, 2.45) is 0 Å². The van der Waals surface area contributed by atoms with Crippen molar-refractivity contribution in [2.75, 3.05) is 13.2 Å². The van der Waals surface area contributed by atoms with Crippen LogP contribution in [-0.4, -0.2) is 98.7 Å². The highest BCUT2D eigenvalue weighted by molar-refractivity contribution is 5.76. The van der Waals surface area contributed by atoms with Gasteiger partial charge in [0.05, 0.1) is 25.4 Å². The summed E-state index contributed by atoms with van der Waals surface area (Å²) in [6.45, 7) is 3.35. The maximum absolute atomic E-state index is 12.8. The van der Waals surface area contributed by atoms with Crippen LogP contribution in [0.1, 0.15) is 174 Å². The molecule has 10 heteroatoms. The molecule has 1 rings (SSSR count). The molecular formula is C38H75NO9. The number of aliphatic hydroxyl groups excluding tert-OH is 6. The molecule has 286 valence electrons. The summed E-state index contributed by atoms with van der Waals surface area (Å²) in [5, 5.41) is 63.8. The topological polar surface area (TPSA) is 169 Å². The highest BCUT2D eigenvalue weighted by Crippen LogP contribution is 2.23. The first-order chi connectivity index (χ1) is 23.3. The van der Waals surface area contributed by atoms with Crippen LogP contribution in [-0.2, 0) is 14.3 Å². The Bertz CT molecular complexity index is 743. The summed E-state index contributed by atoms with van der Waals surface area (Å²) < 4.78 is 11.0. The molecule has 0 unspecified atom stereocenters. The van der Waals surface area contributed by atoms with Crippen LogP contribution in [0.3, 0.4) is 0 Å². The van der Waals surface area contributed by atoms with E-state index in [-0.39, 0.29) is 18.9 Å². The molecule has 1 aliphatic rings. The third-order valence-electron chi connectivity index (χ3n) is 9.80. The van der Waals surface area contributed by atoms with Gasteiger partial charge in [0.15, 0.2) is 6.29 Å². The van der Waals surface area contributed by atoms with Crippen LogP contribution in [0.15, 0.2) is 0 Å². The number of aliphatic hydroxyl groups is 6. The first-order valence-corrected chi connectivity index (χ1v) is 19.8. The van der Waals surface area contributed by atoms with Crippen molar-refractivity contribution in [1.82, 2.24) is 5.32 Å². The van der Waals surface area contributed by atoms with E-state index in [1.165, 1.54) is 109 Å². The molecule has 0 radical (unpaired) electrons. The van der Waals surface area contributed by atoms with Crippen LogP contribution < -0.4 is 5.32 Å². The zero-order valence-electron chi connectivity index (χ0n) is 30.6. The van der Waals surface area contributed by atoms with Gasteiger partial charge < -0.3 is 45.4 Å². The van der Waals surface area contributed by atoms with Crippen molar-refractivity contribution >= 4 is 5.91 Å². The quantitative estimate of drug-likeness (QED) is 0.0432. The Kier molecular flexibility index (Phi) is 28.1. The largest absolute Gasteiger partial charge is 0.394 e. The van der Waals surface area contributed by atoms with Crippen molar-refractivity contribution in [3.8, 4) is 0 Å². The molecule has 0 aliphatic carbocycles. The predicted molar refractivity (Wildman–Crippen MR) is 190 cm³/mol. The van der Waals surface area contributed by atoms with Crippen LogP contribution in [0.25, 0.3) is 0 Å². The summed E-state index contributed by atoms with van der Waals surface area (Å²) in [6.07, 6.45) is 19.7. The lowest BCUT2D eigenvalue weighted by Crippen LogP contribution is -2.60. The summed E-state index contributed by atoms with van der Waals surface area (Å²) in [5.74, 6) is -0.267. The monoisotopic (exact) mass is 690 g/mol. The van der Waals surface area contributed by atoms with Gasteiger partial charge in [-0.05, 0) is 12.8 Å². The van der Waals surface area contributed by atoms with E-state index >= 15 is 0 Å². The smallest absolute Gasteiger partial charge is 0.220 e. The van der Waals surface area contributed by atoms with Crippen LogP contribution in [0.5, 0.6) is 0 Å². The summed E-state index contributed by atoms with van der Waals surface area (Å²) in [6, 6.07) is -0.980. The van der Waals surface area contributed by atoms with Crippen molar-refractivity contribution in [1.29, 1.82) is 0 Å². The van der Waals surface area contributed by atoms with E-state index in [0.717, 1.165) is 32.1 Å². The highest BCUT2D eigenvalue weighted by Gasteiger charge is 2.44. The van der Waals surface area contributed by atoms with E-state index in [9.17, 15) is 35.4 Å². The third-order valence-corrected chi connectivity index (χ3v) is 9.80. The molecule has 0 spiro atoms. The number of hydrogen-bond donors (Lipinski definition) is 7. The molecule has 0 saturated carbocycles. The number of hydrogen-bond acceptors (Lipinski definition) is 9. The number of ether oxygens (including phenoxy) is 2. The molecule has 1 amide bonds. The molecule has 1 saturated heterocycles. The zero-order valence-corrected chi connectivity index (χ0v) is 30.6. The number of carbonyl (C=O) groups is 1. The molecule has 0 aromatic carbocycles. The second-order valence-electron chi connectivity index (χ2n) is 14.2. The number of unbranched alkanes of at least 4 members (excludes halogenated alkanes) is 21. The van der Waals surface area contributed by atoms with E-state index in [0.29, 0.717) is 12.8 Å². The minimum absolute atomic E-state index is 0.267. The predicted octanol–water partition coefficient (Wildman–Crippen LogP) is 5.80. The van der Waals surface area contributed by atoms with Gasteiger partial charge in [-0.25, -0.2) is 0 Å². The van der Waals surface area contributed by atoms with E-state index in [1.807, 2.05) is 6.92 Å². The molecule has 0 bridgehead atoms. The Labute approximate surface area is 292 Å². The maximum Gasteiger partial charge on any atom is 0.220 e. The van der Waals surface area contributed by atoms with Crippen LogP contribution >= 0.6 is 0 Å². The average Bonchev–Trinajstić information content (AvgIpc) is 3.08. The lowest BCUT2D eigenvalue weighted by atomic mass is 9.99. The second-order valence-corrected chi connectivity index (χ2v) is 14.2. The Morgan fingerprint density at radius 3 is 1.52 bits per heavy atom. The van der Waals surface area contributed by atoms with Crippen molar-refractivity contribution in [3.63, 3.8) is 0 Å². The minimum Gasteiger partial charge on any atom is -0.394 e. The van der Waals surface area contributed by atoms with Gasteiger partial charge in [0.25, 0.3) is 0 Å². The third kappa shape index (κ3) is 20.7. The van der Waals surface area contributed by atoms with Gasteiger partial charge in [-0.2, -0.15) is 0 Å². The Morgan fingerprint density at radius 2 is 1.08 bits per heavy atom. The van der Waals surface area contributed by atoms with Crippen LogP contribution in [0.2, 0.25) is 0 Å². The molecule has 48 heavy (non-hydrogen) atoms. The molecule has 1 heterocycles. The van der Waals surface area contributed by atoms with Gasteiger partial charge in [0.2, 0.25) is 5.91 Å². The van der Waals surface area contributed by atoms with E-state index in [4.69, 9.17) is 9.47 Å². The summed E-state index contributed by atoms with van der Waals surface area (Å²) in [7, 11) is 0.